The van der Waals surface area contributed by atoms with E-state index in [2.05, 4.69) is 46.3 Å². The van der Waals surface area contributed by atoms with Gasteiger partial charge >= 0.3 is 18.1 Å². The van der Waals surface area contributed by atoms with Crippen molar-refractivity contribution in [2.45, 2.75) is 19.3 Å². The number of anilines is 2. The van der Waals surface area contributed by atoms with Crippen LogP contribution in [0.15, 0.2) is 91.1 Å². The van der Waals surface area contributed by atoms with Crippen LogP contribution in [-0.2, 0) is 10.2 Å². The van der Waals surface area contributed by atoms with Crippen molar-refractivity contribution in [3.8, 4) is 17.2 Å². The predicted octanol–water partition coefficient (Wildman–Crippen LogP) is 6.09. The molecule has 1 heterocycles. The van der Waals surface area contributed by atoms with Crippen LogP contribution in [0.2, 0.25) is 0 Å². The quantitative estimate of drug-likeness (QED) is 0.181. The van der Waals surface area contributed by atoms with E-state index in [1.54, 1.807) is 31.4 Å². The fourth-order valence-corrected chi connectivity index (χ4v) is 3.97. The van der Waals surface area contributed by atoms with Crippen LogP contribution < -0.4 is 25.8 Å². The maximum absolute atomic E-state index is 12.8. The number of pyridine rings is 1. The lowest BCUT2D eigenvalue weighted by Gasteiger charge is -2.27. The zero-order chi connectivity index (χ0) is 28.7. The summed E-state index contributed by atoms with van der Waals surface area (Å²) in [6.45, 7) is 4.24. The van der Waals surface area contributed by atoms with E-state index in [9.17, 15) is 14.4 Å². The van der Waals surface area contributed by atoms with Gasteiger partial charge in [0.05, 0.1) is 12.8 Å². The Balaban J connectivity index is 1.42. The Morgan fingerprint density at radius 2 is 1.55 bits per heavy atom. The van der Waals surface area contributed by atoms with Crippen molar-refractivity contribution in [2.24, 2.45) is 5.73 Å². The van der Waals surface area contributed by atoms with E-state index in [1.807, 2.05) is 36.4 Å². The number of amides is 3. The molecule has 4 aromatic rings. The normalized spacial score (nSPS) is 10.8. The number of nitrogens with one attached hydrogen (secondary N) is 2. The lowest BCUT2D eigenvalue weighted by atomic mass is 9.78. The van der Waals surface area contributed by atoms with Gasteiger partial charge in [-0.05, 0) is 53.6 Å². The number of carbonyl (C=O) groups excluding carboxylic acids is 3. The molecule has 3 amide bonds. The van der Waals surface area contributed by atoms with Gasteiger partial charge < -0.3 is 30.6 Å². The second kappa shape index (κ2) is 12.0. The first-order valence-electron chi connectivity index (χ1n) is 12.2. The average molecular weight is 541 g/mol. The van der Waals surface area contributed by atoms with Gasteiger partial charge in [0.1, 0.15) is 17.2 Å². The third-order valence-electron chi connectivity index (χ3n) is 6.15. The molecule has 40 heavy (non-hydrogen) atoms. The first-order valence-corrected chi connectivity index (χ1v) is 12.2. The number of ether oxygens (including phenoxy) is 3. The number of nitrogens with two attached hydrogens (primary N) is 1. The maximum Gasteiger partial charge on any atom is 0.412 e. The summed E-state index contributed by atoms with van der Waals surface area (Å²) >= 11 is 0. The van der Waals surface area contributed by atoms with Gasteiger partial charge in [0.25, 0.3) is 0 Å². The molecule has 4 N–H and O–H groups in total. The summed E-state index contributed by atoms with van der Waals surface area (Å²) in [5.74, 6) is 0.261. The third-order valence-corrected chi connectivity index (χ3v) is 6.15. The Morgan fingerprint density at radius 3 is 2.23 bits per heavy atom. The minimum Gasteiger partial charge on any atom is -0.495 e. The Kier molecular flexibility index (Phi) is 8.29. The molecule has 4 rings (SSSR count). The molecule has 0 fully saturated rings. The number of hydrogen-bond acceptors (Lipinski definition) is 7. The number of hydrogen-bond donors (Lipinski definition) is 3. The minimum absolute atomic E-state index is 0.141. The zero-order valence-corrected chi connectivity index (χ0v) is 22.1. The molecule has 0 atom stereocenters. The summed E-state index contributed by atoms with van der Waals surface area (Å²) in [6.07, 6.45) is 0.102. The number of esters is 1. The number of primary amides is 1. The number of benzene rings is 3. The summed E-state index contributed by atoms with van der Waals surface area (Å²) < 4.78 is 15.5. The van der Waals surface area contributed by atoms with Crippen molar-refractivity contribution in [1.82, 2.24) is 4.98 Å². The maximum atomic E-state index is 12.8. The zero-order valence-electron chi connectivity index (χ0n) is 22.1. The highest BCUT2D eigenvalue weighted by Crippen LogP contribution is 2.36. The molecule has 1 aromatic heterocycles. The second-order valence-electron chi connectivity index (χ2n) is 9.20. The summed E-state index contributed by atoms with van der Waals surface area (Å²) in [5, 5.41) is 5.66. The molecular formula is C30H28N4O6. The molecule has 3 aromatic carbocycles. The van der Waals surface area contributed by atoms with Crippen molar-refractivity contribution < 1.29 is 28.6 Å². The molecular weight excluding hydrogens is 512 g/mol. The van der Waals surface area contributed by atoms with E-state index in [4.69, 9.17) is 15.2 Å². The third kappa shape index (κ3) is 6.73. The van der Waals surface area contributed by atoms with Gasteiger partial charge in [-0.15, -0.1) is 0 Å². The molecule has 0 aliphatic rings. The van der Waals surface area contributed by atoms with Crippen LogP contribution in [0.5, 0.6) is 17.2 Å². The monoisotopic (exact) mass is 540 g/mol. The number of nitrogens with zero attached hydrogens (tertiary/aromatic N) is 1. The van der Waals surface area contributed by atoms with Gasteiger partial charge in [0.2, 0.25) is 0 Å². The lowest BCUT2D eigenvalue weighted by Crippen LogP contribution is -2.22. The number of carbonyl (C=O) groups is 3. The Hall–Kier alpha value is -5.38. The summed E-state index contributed by atoms with van der Waals surface area (Å²) in [5.41, 5.74) is 7.63. The topological polar surface area (TPSA) is 142 Å². The fraction of sp³-hybridized carbons (Fsp3) is 0.133. The molecule has 0 aliphatic heterocycles. The average Bonchev–Trinajstić information content (AvgIpc) is 2.94. The minimum atomic E-state index is -1.23. The molecule has 0 bridgehead atoms. The largest absolute Gasteiger partial charge is 0.495 e. The van der Waals surface area contributed by atoms with Gasteiger partial charge in [0, 0.05) is 23.4 Å². The second-order valence-corrected chi connectivity index (χ2v) is 9.20. The van der Waals surface area contributed by atoms with Gasteiger partial charge in [-0.25, -0.2) is 19.4 Å². The van der Waals surface area contributed by atoms with Crippen molar-refractivity contribution in [3.05, 3.63) is 108 Å². The SMILES string of the molecule is COc1ccc(C(C)(C)c2ccccc2)cc1NC(=O)Nc1ccc(Oc2ccnc(C(=O)OC(N)=O)c2)cc1. The Labute approximate surface area is 231 Å². The highest BCUT2D eigenvalue weighted by Gasteiger charge is 2.24. The highest BCUT2D eigenvalue weighted by molar-refractivity contribution is 6.00. The standard InChI is InChI=1S/C30H28N4O6/c1-30(2,19-7-5-4-6-8-19)20-9-14-26(38-3)24(17-20)34-29(37)33-21-10-12-22(13-11-21)39-23-15-16-32-25(18-23)27(35)40-28(31)36/h4-18H,1-3H3,(H2,31,36)(H2,33,34,37). The first-order chi connectivity index (χ1) is 19.2. The van der Waals surface area contributed by atoms with Crippen molar-refractivity contribution in [1.29, 1.82) is 0 Å². The summed E-state index contributed by atoms with van der Waals surface area (Å²) in [7, 11) is 1.55. The molecule has 0 saturated heterocycles. The molecule has 0 unspecified atom stereocenters. The van der Waals surface area contributed by atoms with Crippen LogP contribution in [-0.4, -0.2) is 30.2 Å². The molecule has 0 aliphatic carbocycles. The summed E-state index contributed by atoms with van der Waals surface area (Å²) in [6, 6.07) is 24.8. The number of rotatable bonds is 8. The summed E-state index contributed by atoms with van der Waals surface area (Å²) in [4.78, 5) is 39.3. The highest BCUT2D eigenvalue weighted by atomic mass is 16.6. The number of methoxy groups -OCH3 is 1. The van der Waals surface area contributed by atoms with Crippen LogP contribution in [0, 0.1) is 0 Å². The first kappa shape index (κ1) is 27.6. The van der Waals surface area contributed by atoms with Gasteiger partial charge in [0.15, 0.2) is 5.69 Å². The molecule has 10 nitrogen and oxygen atoms in total. The van der Waals surface area contributed by atoms with E-state index in [0.29, 0.717) is 22.9 Å². The molecule has 0 radical (unpaired) electrons. The Bertz CT molecular complexity index is 1520. The molecule has 0 spiro atoms. The lowest BCUT2D eigenvalue weighted by molar-refractivity contribution is 0.0631. The molecule has 10 heteroatoms. The molecule has 0 saturated carbocycles. The van der Waals surface area contributed by atoms with Gasteiger partial charge in [-0.2, -0.15) is 0 Å². The van der Waals surface area contributed by atoms with Crippen molar-refractivity contribution in [2.75, 3.05) is 17.7 Å². The van der Waals surface area contributed by atoms with E-state index in [0.717, 1.165) is 11.1 Å². The van der Waals surface area contributed by atoms with Crippen molar-refractivity contribution >= 4 is 29.5 Å². The van der Waals surface area contributed by atoms with E-state index in [-0.39, 0.29) is 16.9 Å². The van der Waals surface area contributed by atoms with Crippen LogP contribution in [0.3, 0.4) is 0 Å². The van der Waals surface area contributed by atoms with Crippen LogP contribution >= 0.6 is 0 Å². The Morgan fingerprint density at radius 1 is 0.825 bits per heavy atom. The molecule has 204 valence electrons. The van der Waals surface area contributed by atoms with E-state index < -0.39 is 18.1 Å². The number of urea groups is 1. The van der Waals surface area contributed by atoms with E-state index >= 15 is 0 Å². The van der Waals surface area contributed by atoms with Crippen LogP contribution in [0.25, 0.3) is 0 Å². The van der Waals surface area contributed by atoms with Crippen LogP contribution in [0.4, 0.5) is 21.0 Å². The smallest absolute Gasteiger partial charge is 0.412 e. The van der Waals surface area contributed by atoms with Gasteiger partial charge in [-0.3, -0.25) is 0 Å². The predicted molar refractivity (Wildman–Crippen MR) is 150 cm³/mol. The fourth-order valence-electron chi connectivity index (χ4n) is 3.97. The van der Waals surface area contributed by atoms with Crippen LogP contribution in [0.1, 0.15) is 35.5 Å². The van der Waals surface area contributed by atoms with Gasteiger partial charge in [-0.1, -0.05) is 50.2 Å². The van der Waals surface area contributed by atoms with Crippen molar-refractivity contribution in [3.63, 3.8) is 0 Å². The van der Waals surface area contributed by atoms with E-state index in [1.165, 1.54) is 18.3 Å². The number of aromatic nitrogens is 1.